The zero-order chi connectivity index (χ0) is 18.8. The Bertz CT molecular complexity index is 912. The van der Waals surface area contributed by atoms with Crippen LogP contribution in [-0.2, 0) is 0 Å². The molecule has 140 valence electrons. The van der Waals surface area contributed by atoms with Gasteiger partial charge < -0.3 is 16.0 Å². The molecule has 6 nitrogen and oxygen atoms in total. The normalized spacial score (nSPS) is 19.9. The van der Waals surface area contributed by atoms with Gasteiger partial charge in [-0.3, -0.25) is 0 Å². The minimum Gasteiger partial charge on any atom is -0.384 e. The number of hydrogen-bond acceptors (Lipinski definition) is 5. The van der Waals surface area contributed by atoms with E-state index in [0.717, 1.165) is 49.2 Å². The number of imidazole rings is 1. The van der Waals surface area contributed by atoms with E-state index in [0.29, 0.717) is 23.6 Å². The molecule has 2 heterocycles. The molecule has 1 saturated carbocycles. The fourth-order valence-corrected chi connectivity index (χ4v) is 3.82. The maximum Gasteiger partial charge on any atom is 0.180 e. The van der Waals surface area contributed by atoms with Crippen LogP contribution in [0.1, 0.15) is 31.7 Å². The second-order valence-corrected chi connectivity index (χ2v) is 7.07. The van der Waals surface area contributed by atoms with Gasteiger partial charge in [0.2, 0.25) is 0 Å². The molecule has 0 spiro atoms. The summed E-state index contributed by atoms with van der Waals surface area (Å²) in [6, 6.07) is 8.30. The molecule has 0 bridgehead atoms. The van der Waals surface area contributed by atoms with Crippen molar-refractivity contribution < 1.29 is 4.39 Å². The monoisotopic (exact) mass is 366 g/mol. The fourth-order valence-electron chi connectivity index (χ4n) is 3.82. The maximum absolute atomic E-state index is 13.4. The van der Waals surface area contributed by atoms with Gasteiger partial charge in [-0.1, -0.05) is 0 Å². The third-order valence-electron chi connectivity index (χ3n) is 5.34. The average Bonchev–Trinajstić information content (AvgIpc) is 3.14. The first-order valence-electron chi connectivity index (χ1n) is 9.27. The van der Waals surface area contributed by atoms with Gasteiger partial charge in [0, 0.05) is 17.8 Å². The van der Waals surface area contributed by atoms with Crippen LogP contribution >= 0.6 is 0 Å². The van der Waals surface area contributed by atoms with Crippen molar-refractivity contribution in [3.05, 3.63) is 48.7 Å². The van der Waals surface area contributed by atoms with Gasteiger partial charge in [0.05, 0.1) is 12.0 Å². The molecule has 1 aliphatic carbocycles. The highest BCUT2D eigenvalue weighted by Crippen LogP contribution is 2.37. The molecule has 2 aromatic heterocycles. The maximum atomic E-state index is 13.4. The minimum atomic E-state index is -0.278. The van der Waals surface area contributed by atoms with Gasteiger partial charge in [-0.15, -0.1) is 0 Å². The van der Waals surface area contributed by atoms with Crippen LogP contribution in [0.5, 0.6) is 0 Å². The summed E-state index contributed by atoms with van der Waals surface area (Å²) in [4.78, 5) is 13.5. The molecule has 1 aliphatic rings. The lowest BCUT2D eigenvalue weighted by Crippen LogP contribution is -2.23. The van der Waals surface area contributed by atoms with Gasteiger partial charge in [-0.05, 0) is 68.5 Å². The number of anilines is 1. The second-order valence-electron chi connectivity index (χ2n) is 7.07. The van der Waals surface area contributed by atoms with Gasteiger partial charge >= 0.3 is 0 Å². The van der Waals surface area contributed by atoms with Crippen LogP contribution in [-0.4, -0.2) is 26.1 Å². The number of rotatable bonds is 4. The first-order chi connectivity index (χ1) is 13.2. The molecule has 0 radical (unpaired) electrons. The molecule has 4 rings (SSSR count). The number of benzene rings is 1. The molecular weight excluding hydrogens is 343 g/mol. The van der Waals surface area contributed by atoms with Crippen molar-refractivity contribution in [1.29, 1.82) is 0 Å². The lowest BCUT2D eigenvalue weighted by molar-refractivity contribution is 0.280. The van der Waals surface area contributed by atoms with Gasteiger partial charge in [0.25, 0.3) is 0 Å². The Morgan fingerprint density at radius 2 is 1.78 bits per heavy atom. The number of aromatic nitrogens is 4. The van der Waals surface area contributed by atoms with Crippen LogP contribution < -0.4 is 11.5 Å². The third kappa shape index (κ3) is 3.55. The summed E-state index contributed by atoms with van der Waals surface area (Å²) >= 11 is 0. The topological polar surface area (TPSA) is 95.6 Å². The summed E-state index contributed by atoms with van der Waals surface area (Å²) in [5.74, 6) is 1.26. The molecule has 0 saturated heterocycles. The van der Waals surface area contributed by atoms with E-state index in [-0.39, 0.29) is 5.82 Å². The van der Waals surface area contributed by atoms with E-state index in [2.05, 4.69) is 19.5 Å². The summed E-state index contributed by atoms with van der Waals surface area (Å²) in [7, 11) is 0. The van der Waals surface area contributed by atoms with E-state index < -0.39 is 0 Å². The highest BCUT2D eigenvalue weighted by Gasteiger charge is 2.26. The first-order valence-corrected chi connectivity index (χ1v) is 9.27. The lowest BCUT2D eigenvalue weighted by Gasteiger charge is -2.29. The average molecular weight is 366 g/mol. The molecule has 4 N–H and O–H groups in total. The molecule has 1 fully saturated rings. The minimum absolute atomic E-state index is 0.278. The zero-order valence-corrected chi connectivity index (χ0v) is 15.1. The van der Waals surface area contributed by atoms with Gasteiger partial charge in [0.1, 0.15) is 17.3 Å². The van der Waals surface area contributed by atoms with Crippen molar-refractivity contribution in [2.24, 2.45) is 11.7 Å². The summed E-state index contributed by atoms with van der Waals surface area (Å²) in [6.07, 6.45) is 7.76. The van der Waals surface area contributed by atoms with E-state index >= 15 is 0 Å². The van der Waals surface area contributed by atoms with Crippen LogP contribution in [0.4, 0.5) is 10.2 Å². The summed E-state index contributed by atoms with van der Waals surface area (Å²) in [5.41, 5.74) is 14.1. The van der Waals surface area contributed by atoms with E-state index in [1.807, 2.05) is 6.33 Å². The highest BCUT2D eigenvalue weighted by atomic mass is 19.1. The van der Waals surface area contributed by atoms with E-state index in [4.69, 9.17) is 11.5 Å². The molecule has 27 heavy (non-hydrogen) atoms. The lowest BCUT2D eigenvalue weighted by atomic mass is 9.86. The highest BCUT2D eigenvalue weighted by molar-refractivity contribution is 5.75. The number of halogens is 1. The van der Waals surface area contributed by atoms with E-state index in [1.54, 1.807) is 24.4 Å². The Kier molecular flexibility index (Phi) is 4.85. The van der Waals surface area contributed by atoms with E-state index in [1.165, 1.54) is 12.1 Å². The number of nitrogen functional groups attached to an aromatic ring is 1. The molecule has 0 unspecified atom stereocenters. The van der Waals surface area contributed by atoms with E-state index in [9.17, 15) is 4.39 Å². The SMILES string of the molecule is NCC1CCC(n2cnc(-c3ccc(F)cc3)c2-c2nccc(N)n2)CC1. The van der Waals surface area contributed by atoms with Crippen molar-refractivity contribution in [3.63, 3.8) is 0 Å². The van der Waals surface area contributed by atoms with Gasteiger partial charge in [0.15, 0.2) is 5.82 Å². The number of nitrogens with two attached hydrogens (primary N) is 2. The molecule has 0 atom stereocenters. The predicted molar refractivity (Wildman–Crippen MR) is 103 cm³/mol. The Morgan fingerprint density at radius 3 is 2.44 bits per heavy atom. The quantitative estimate of drug-likeness (QED) is 0.738. The Labute approximate surface area is 157 Å². The van der Waals surface area contributed by atoms with Crippen LogP contribution in [0.3, 0.4) is 0 Å². The number of nitrogens with zero attached hydrogens (tertiary/aromatic N) is 4. The number of hydrogen-bond donors (Lipinski definition) is 2. The van der Waals surface area contributed by atoms with Crippen LogP contribution in [0.25, 0.3) is 22.8 Å². The molecule has 1 aromatic carbocycles. The molecule has 3 aromatic rings. The summed E-state index contributed by atoms with van der Waals surface area (Å²) in [6.45, 7) is 0.739. The van der Waals surface area contributed by atoms with Crippen LogP contribution in [0.2, 0.25) is 0 Å². The molecule has 0 aliphatic heterocycles. The van der Waals surface area contributed by atoms with Gasteiger partial charge in [-0.25, -0.2) is 19.3 Å². The fraction of sp³-hybridized carbons (Fsp3) is 0.350. The van der Waals surface area contributed by atoms with Crippen LogP contribution in [0.15, 0.2) is 42.9 Å². The smallest absolute Gasteiger partial charge is 0.180 e. The molecular formula is C20H23FN6. The molecule has 0 amide bonds. The zero-order valence-electron chi connectivity index (χ0n) is 15.1. The third-order valence-corrected chi connectivity index (χ3v) is 5.34. The summed E-state index contributed by atoms with van der Waals surface area (Å²) < 4.78 is 15.5. The largest absolute Gasteiger partial charge is 0.384 e. The van der Waals surface area contributed by atoms with Crippen molar-refractivity contribution in [1.82, 2.24) is 19.5 Å². The van der Waals surface area contributed by atoms with Crippen molar-refractivity contribution in [3.8, 4) is 22.8 Å². The molecule has 7 heteroatoms. The van der Waals surface area contributed by atoms with Crippen molar-refractivity contribution in [2.75, 3.05) is 12.3 Å². The van der Waals surface area contributed by atoms with Crippen molar-refractivity contribution in [2.45, 2.75) is 31.7 Å². The Balaban J connectivity index is 1.79. The Morgan fingerprint density at radius 1 is 1.04 bits per heavy atom. The van der Waals surface area contributed by atoms with Gasteiger partial charge in [-0.2, -0.15) is 0 Å². The van der Waals surface area contributed by atoms with Crippen molar-refractivity contribution >= 4 is 5.82 Å². The Hall–Kier alpha value is -2.80. The summed E-state index contributed by atoms with van der Waals surface area (Å²) in [5, 5.41) is 0. The standard InChI is InChI=1S/C20H23FN6/c21-15-5-3-14(4-6-15)18-19(20-24-10-9-17(23)26-20)27(12-25-18)16-7-1-13(11-22)2-8-16/h3-6,9-10,12-13,16H,1-2,7-8,11,22H2,(H2,23,24,26). The first kappa shape index (κ1) is 17.6. The predicted octanol–water partition coefficient (Wildman–Crippen LogP) is 3.42. The van der Waals surface area contributed by atoms with Crippen LogP contribution in [0, 0.1) is 11.7 Å². The second kappa shape index (κ2) is 7.44.